The van der Waals surface area contributed by atoms with Crippen LogP contribution in [0.1, 0.15) is 39.5 Å². The summed E-state index contributed by atoms with van der Waals surface area (Å²) >= 11 is 11.3. The van der Waals surface area contributed by atoms with E-state index >= 15 is 0 Å². The van der Waals surface area contributed by atoms with Gasteiger partial charge in [0.25, 0.3) is 0 Å². The lowest BCUT2D eigenvalue weighted by Gasteiger charge is -2.34. The molecular weight excluding hydrogens is 306 g/mol. The Hall–Kier alpha value is -1.14. The Bertz CT molecular complexity index is 496. The molecule has 0 saturated carbocycles. The number of halogens is 1. The van der Waals surface area contributed by atoms with Crippen molar-refractivity contribution in [1.82, 2.24) is 15.3 Å². The molecule has 21 heavy (non-hydrogen) atoms. The van der Waals surface area contributed by atoms with Gasteiger partial charge in [-0.25, -0.2) is 4.98 Å². The van der Waals surface area contributed by atoms with Gasteiger partial charge in [-0.15, -0.1) is 0 Å². The Labute approximate surface area is 136 Å². The van der Waals surface area contributed by atoms with Crippen LogP contribution in [0.15, 0.2) is 6.07 Å². The third-order valence-corrected chi connectivity index (χ3v) is 3.98. The summed E-state index contributed by atoms with van der Waals surface area (Å²) in [5, 5.41) is 7.04. The van der Waals surface area contributed by atoms with Gasteiger partial charge < -0.3 is 15.5 Å². The predicted molar refractivity (Wildman–Crippen MR) is 92.2 cm³/mol. The lowest BCUT2D eigenvalue weighted by atomic mass is 10.0. The zero-order valence-electron chi connectivity index (χ0n) is 12.5. The number of thiocarbonyl (C=S) groups is 1. The van der Waals surface area contributed by atoms with Crippen LogP contribution in [-0.4, -0.2) is 34.2 Å². The standard InChI is InChI=1S/C14H22ClN5S/c1-3-7-16-14(21)19-13-17-11(15)9-12(18-13)20-8-5-4-6-10(20)2/h9-10H,3-8H2,1-2H3,(H2,16,17,18,19,21)/t10-/m0/s1. The summed E-state index contributed by atoms with van der Waals surface area (Å²) in [5.41, 5.74) is 0. The van der Waals surface area contributed by atoms with E-state index in [0.717, 1.165) is 25.3 Å². The first kappa shape index (κ1) is 16.2. The van der Waals surface area contributed by atoms with Crippen molar-refractivity contribution in [2.24, 2.45) is 0 Å². The third-order valence-electron chi connectivity index (χ3n) is 3.54. The van der Waals surface area contributed by atoms with Gasteiger partial charge in [0.2, 0.25) is 5.95 Å². The van der Waals surface area contributed by atoms with E-state index in [1.807, 2.05) is 6.07 Å². The summed E-state index contributed by atoms with van der Waals surface area (Å²) < 4.78 is 0. The highest BCUT2D eigenvalue weighted by atomic mass is 35.5. The van der Waals surface area contributed by atoms with E-state index in [9.17, 15) is 0 Å². The SMILES string of the molecule is CCCNC(=S)Nc1nc(Cl)cc(N2CCCC[C@@H]2C)n1. The number of hydrogen-bond donors (Lipinski definition) is 2. The monoisotopic (exact) mass is 327 g/mol. The zero-order valence-corrected chi connectivity index (χ0v) is 14.1. The molecule has 0 aliphatic carbocycles. The minimum atomic E-state index is 0.429. The number of nitrogens with one attached hydrogen (secondary N) is 2. The van der Waals surface area contributed by atoms with Crippen molar-refractivity contribution in [3.05, 3.63) is 11.2 Å². The van der Waals surface area contributed by atoms with Crippen molar-refractivity contribution in [2.75, 3.05) is 23.3 Å². The van der Waals surface area contributed by atoms with Crippen LogP contribution in [0.5, 0.6) is 0 Å². The highest BCUT2D eigenvalue weighted by Gasteiger charge is 2.20. The van der Waals surface area contributed by atoms with Gasteiger partial charge >= 0.3 is 0 Å². The number of hydrogen-bond acceptors (Lipinski definition) is 4. The van der Waals surface area contributed by atoms with Crippen molar-refractivity contribution >= 4 is 40.7 Å². The molecule has 5 nitrogen and oxygen atoms in total. The normalized spacial score (nSPS) is 18.4. The smallest absolute Gasteiger partial charge is 0.232 e. The summed E-state index contributed by atoms with van der Waals surface area (Å²) in [5.74, 6) is 1.31. The topological polar surface area (TPSA) is 53.1 Å². The quantitative estimate of drug-likeness (QED) is 0.654. The Morgan fingerprint density at radius 3 is 3.00 bits per heavy atom. The number of nitrogens with zero attached hydrogens (tertiary/aromatic N) is 3. The van der Waals surface area contributed by atoms with Crippen LogP contribution in [-0.2, 0) is 0 Å². The highest BCUT2D eigenvalue weighted by molar-refractivity contribution is 7.80. The van der Waals surface area contributed by atoms with Crippen LogP contribution >= 0.6 is 23.8 Å². The molecule has 0 unspecified atom stereocenters. The summed E-state index contributed by atoms with van der Waals surface area (Å²) in [6.45, 7) is 6.13. The lowest BCUT2D eigenvalue weighted by Crippen LogP contribution is -2.38. The molecule has 1 aromatic heterocycles. The molecule has 0 amide bonds. The molecule has 0 aromatic carbocycles. The maximum absolute atomic E-state index is 6.12. The Morgan fingerprint density at radius 1 is 1.48 bits per heavy atom. The first-order valence-electron chi connectivity index (χ1n) is 7.46. The van der Waals surface area contributed by atoms with E-state index in [1.165, 1.54) is 19.3 Å². The first-order valence-corrected chi connectivity index (χ1v) is 8.25. The molecule has 0 radical (unpaired) electrons. The Balaban J connectivity index is 2.11. The summed E-state index contributed by atoms with van der Waals surface area (Å²) in [6, 6.07) is 2.29. The zero-order chi connectivity index (χ0) is 15.2. The number of rotatable bonds is 4. The Kier molecular flexibility index (Phi) is 5.99. The third kappa shape index (κ3) is 4.68. The molecule has 1 aliphatic heterocycles. The number of aromatic nitrogens is 2. The van der Waals surface area contributed by atoms with Gasteiger partial charge in [-0.05, 0) is 44.8 Å². The van der Waals surface area contributed by atoms with Gasteiger partial charge in [0.15, 0.2) is 5.11 Å². The molecule has 116 valence electrons. The summed E-state index contributed by atoms with van der Waals surface area (Å²) in [4.78, 5) is 11.0. The van der Waals surface area contributed by atoms with Crippen molar-refractivity contribution in [2.45, 2.75) is 45.6 Å². The van der Waals surface area contributed by atoms with Crippen molar-refractivity contribution in [1.29, 1.82) is 0 Å². The Morgan fingerprint density at radius 2 is 2.29 bits per heavy atom. The molecule has 7 heteroatoms. The number of anilines is 2. The van der Waals surface area contributed by atoms with Crippen molar-refractivity contribution in [3.8, 4) is 0 Å². The van der Waals surface area contributed by atoms with Gasteiger partial charge in [0.05, 0.1) is 0 Å². The van der Waals surface area contributed by atoms with Crippen molar-refractivity contribution < 1.29 is 0 Å². The second-order valence-electron chi connectivity index (χ2n) is 5.29. The van der Waals surface area contributed by atoms with Crippen LogP contribution in [0.3, 0.4) is 0 Å². The molecule has 1 fully saturated rings. The van der Waals surface area contributed by atoms with Gasteiger partial charge in [0, 0.05) is 25.2 Å². The maximum atomic E-state index is 6.12. The van der Waals surface area contributed by atoms with E-state index < -0.39 is 0 Å². The lowest BCUT2D eigenvalue weighted by molar-refractivity contribution is 0.481. The van der Waals surface area contributed by atoms with Crippen LogP contribution in [0, 0.1) is 0 Å². The molecule has 1 aliphatic rings. The highest BCUT2D eigenvalue weighted by Crippen LogP contribution is 2.25. The second kappa shape index (κ2) is 7.75. The average Bonchev–Trinajstić information content (AvgIpc) is 2.45. The van der Waals surface area contributed by atoms with Gasteiger partial charge in [-0.3, -0.25) is 0 Å². The average molecular weight is 328 g/mol. The largest absolute Gasteiger partial charge is 0.362 e. The molecule has 2 N–H and O–H groups in total. The maximum Gasteiger partial charge on any atom is 0.232 e. The molecule has 0 spiro atoms. The second-order valence-corrected chi connectivity index (χ2v) is 6.09. The van der Waals surface area contributed by atoms with Crippen LogP contribution in [0.2, 0.25) is 5.15 Å². The van der Waals surface area contributed by atoms with Crippen LogP contribution < -0.4 is 15.5 Å². The van der Waals surface area contributed by atoms with Gasteiger partial charge in [0.1, 0.15) is 11.0 Å². The minimum absolute atomic E-state index is 0.429. The van der Waals surface area contributed by atoms with Crippen LogP contribution in [0.25, 0.3) is 0 Å². The fraction of sp³-hybridized carbons (Fsp3) is 0.643. The molecular formula is C14H22ClN5S. The van der Waals surface area contributed by atoms with E-state index in [4.69, 9.17) is 23.8 Å². The molecule has 2 heterocycles. The number of piperidine rings is 1. The van der Waals surface area contributed by atoms with Gasteiger partial charge in [-0.2, -0.15) is 4.98 Å². The fourth-order valence-electron chi connectivity index (χ4n) is 2.43. The van der Waals surface area contributed by atoms with E-state index in [1.54, 1.807) is 0 Å². The first-order chi connectivity index (χ1) is 10.1. The van der Waals surface area contributed by atoms with E-state index in [2.05, 4.69) is 39.3 Å². The van der Waals surface area contributed by atoms with Crippen LogP contribution in [0.4, 0.5) is 11.8 Å². The van der Waals surface area contributed by atoms with Crippen molar-refractivity contribution in [3.63, 3.8) is 0 Å². The molecule has 1 atom stereocenters. The van der Waals surface area contributed by atoms with E-state index in [-0.39, 0.29) is 0 Å². The van der Waals surface area contributed by atoms with E-state index in [0.29, 0.717) is 22.3 Å². The molecule has 0 bridgehead atoms. The molecule has 2 rings (SSSR count). The predicted octanol–water partition coefficient (Wildman–Crippen LogP) is 3.21. The summed E-state index contributed by atoms with van der Waals surface area (Å²) in [6.07, 6.45) is 4.65. The molecule has 1 aromatic rings. The molecule has 1 saturated heterocycles. The fourth-order valence-corrected chi connectivity index (χ4v) is 2.80. The van der Waals surface area contributed by atoms with Gasteiger partial charge in [-0.1, -0.05) is 18.5 Å². The minimum Gasteiger partial charge on any atom is -0.362 e. The summed E-state index contributed by atoms with van der Waals surface area (Å²) in [7, 11) is 0.